The summed E-state index contributed by atoms with van der Waals surface area (Å²) in [6, 6.07) is 7.06. The smallest absolute Gasteiger partial charge is 0.373 e. The molecule has 2 aromatic rings. The Kier molecular flexibility index (Phi) is 3.69. The molecule has 0 aliphatic rings. The summed E-state index contributed by atoms with van der Waals surface area (Å²) in [5.74, 6) is 0.0732. The maximum Gasteiger partial charge on any atom is 0.373 e. The highest BCUT2D eigenvalue weighted by Gasteiger charge is 2.18. The number of benzene rings is 1. The Morgan fingerprint density at radius 3 is 2.60 bits per heavy atom. The molecule has 0 fully saturated rings. The standard InChI is InChI=1S/C13H11NO6/c1-18-10-4-3-8(14(16)17)7-9(10)11-5-6-12(20-11)13(15)19-2/h3-7H,1-2H3. The molecule has 7 nitrogen and oxygen atoms in total. The molecule has 0 spiro atoms. The zero-order chi connectivity index (χ0) is 14.7. The number of rotatable bonds is 4. The fraction of sp³-hybridized carbons (Fsp3) is 0.154. The van der Waals surface area contributed by atoms with E-state index in [2.05, 4.69) is 4.74 Å². The summed E-state index contributed by atoms with van der Waals surface area (Å²) in [7, 11) is 2.67. The van der Waals surface area contributed by atoms with E-state index < -0.39 is 10.9 Å². The van der Waals surface area contributed by atoms with Gasteiger partial charge in [0.05, 0.1) is 24.7 Å². The second kappa shape index (κ2) is 5.43. The molecule has 0 atom stereocenters. The van der Waals surface area contributed by atoms with Crippen LogP contribution in [0.1, 0.15) is 10.6 Å². The van der Waals surface area contributed by atoms with Crippen molar-refractivity contribution in [1.82, 2.24) is 0 Å². The van der Waals surface area contributed by atoms with Crippen LogP contribution in [-0.2, 0) is 4.74 Å². The lowest BCUT2D eigenvalue weighted by Gasteiger charge is -2.05. The summed E-state index contributed by atoms with van der Waals surface area (Å²) in [6.45, 7) is 0. The summed E-state index contributed by atoms with van der Waals surface area (Å²) >= 11 is 0. The van der Waals surface area contributed by atoms with E-state index in [1.807, 2.05) is 0 Å². The lowest BCUT2D eigenvalue weighted by molar-refractivity contribution is -0.384. The number of hydrogen-bond donors (Lipinski definition) is 0. The van der Waals surface area contributed by atoms with Gasteiger partial charge in [0.1, 0.15) is 11.5 Å². The van der Waals surface area contributed by atoms with Gasteiger partial charge in [-0.05, 0) is 18.2 Å². The van der Waals surface area contributed by atoms with E-state index in [0.29, 0.717) is 11.3 Å². The first kappa shape index (κ1) is 13.6. The van der Waals surface area contributed by atoms with Crippen molar-refractivity contribution >= 4 is 11.7 Å². The van der Waals surface area contributed by atoms with Crippen LogP contribution in [0.2, 0.25) is 0 Å². The fourth-order valence-electron chi connectivity index (χ4n) is 1.70. The summed E-state index contributed by atoms with van der Waals surface area (Å²) in [5, 5.41) is 10.8. The van der Waals surface area contributed by atoms with Crippen molar-refractivity contribution in [3.63, 3.8) is 0 Å². The number of nitro groups is 1. The molecule has 0 saturated heterocycles. The SMILES string of the molecule is COC(=O)c1ccc(-c2cc([N+](=O)[O-])ccc2OC)o1. The maximum atomic E-state index is 11.3. The van der Waals surface area contributed by atoms with Crippen LogP contribution in [-0.4, -0.2) is 25.1 Å². The van der Waals surface area contributed by atoms with Crippen molar-refractivity contribution < 1.29 is 23.6 Å². The number of nitrogens with zero attached hydrogens (tertiary/aromatic N) is 1. The first-order valence-corrected chi connectivity index (χ1v) is 5.57. The molecule has 1 aromatic carbocycles. The lowest BCUT2D eigenvalue weighted by atomic mass is 10.1. The van der Waals surface area contributed by atoms with Crippen LogP contribution in [0, 0.1) is 10.1 Å². The van der Waals surface area contributed by atoms with Crippen LogP contribution in [0.3, 0.4) is 0 Å². The number of esters is 1. The molecule has 0 aliphatic carbocycles. The number of furan rings is 1. The molecule has 0 saturated carbocycles. The molecule has 0 unspecified atom stereocenters. The van der Waals surface area contributed by atoms with Crippen LogP contribution in [0.4, 0.5) is 5.69 Å². The molecule has 7 heteroatoms. The predicted molar refractivity (Wildman–Crippen MR) is 68.7 cm³/mol. The second-order valence-corrected chi connectivity index (χ2v) is 3.80. The van der Waals surface area contributed by atoms with Gasteiger partial charge in [-0.3, -0.25) is 10.1 Å². The van der Waals surface area contributed by atoms with Gasteiger partial charge in [-0.2, -0.15) is 0 Å². The molecule has 2 rings (SSSR count). The molecule has 0 N–H and O–H groups in total. The van der Waals surface area contributed by atoms with Crippen LogP contribution in [0.5, 0.6) is 5.75 Å². The van der Waals surface area contributed by atoms with Gasteiger partial charge in [-0.15, -0.1) is 0 Å². The number of methoxy groups -OCH3 is 2. The summed E-state index contributed by atoms with van der Waals surface area (Å²) in [5.41, 5.74) is 0.286. The average Bonchev–Trinajstić information content (AvgIpc) is 2.95. The Bertz CT molecular complexity index is 661. The normalized spacial score (nSPS) is 10.1. The highest BCUT2D eigenvalue weighted by molar-refractivity contribution is 5.87. The largest absolute Gasteiger partial charge is 0.496 e. The molecule has 1 aromatic heterocycles. The first-order chi connectivity index (χ1) is 9.56. The van der Waals surface area contributed by atoms with E-state index in [9.17, 15) is 14.9 Å². The number of hydrogen-bond acceptors (Lipinski definition) is 6. The number of ether oxygens (including phenoxy) is 2. The molecular weight excluding hydrogens is 266 g/mol. The third-order valence-electron chi connectivity index (χ3n) is 2.65. The fourth-order valence-corrected chi connectivity index (χ4v) is 1.70. The van der Waals surface area contributed by atoms with Crippen LogP contribution < -0.4 is 4.74 Å². The molecule has 0 bridgehead atoms. The number of carbonyl (C=O) groups is 1. The monoisotopic (exact) mass is 277 g/mol. The minimum absolute atomic E-state index is 0.0102. The number of carbonyl (C=O) groups excluding carboxylic acids is 1. The van der Waals surface area contributed by atoms with Crippen molar-refractivity contribution in [2.75, 3.05) is 14.2 Å². The van der Waals surface area contributed by atoms with E-state index in [-0.39, 0.29) is 17.2 Å². The topological polar surface area (TPSA) is 91.8 Å². The van der Waals surface area contributed by atoms with Gasteiger partial charge in [-0.1, -0.05) is 0 Å². The molecular formula is C13H11NO6. The van der Waals surface area contributed by atoms with Gasteiger partial charge < -0.3 is 13.9 Å². The Hall–Kier alpha value is -2.83. The lowest BCUT2D eigenvalue weighted by Crippen LogP contribution is -1.98. The first-order valence-electron chi connectivity index (χ1n) is 5.57. The molecule has 0 radical (unpaired) electrons. The quantitative estimate of drug-likeness (QED) is 0.484. The van der Waals surface area contributed by atoms with Gasteiger partial charge in [-0.25, -0.2) is 4.79 Å². The van der Waals surface area contributed by atoms with Gasteiger partial charge in [0.15, 0.2) is 0 Å². The number of nitro benzene ring substituents is 1. The average molecular weight is 277 g/mol. The van der Waals surface area contributed by atoms with Crippen LogP contribution in [0.25, 0.3) is 11.3 Å². The van der Waals surface area contributed by atoms with Crippen LogP contribution in [0.15, 0.2) is 34.7 Å². The third-order valence-corrected chi connectivity index (χ3v) is 2.65. The summed E-state index contributed by atoms with van der Waals surface area (Å²) in [6.07, 6.45) is 0. The second-order valence-electron chi connectivity index (χ2n) is 3.80. The zero-order valence-corrected chi connectivity index (χ0v) is 10.8. The Morgan fingerprint density at radius 1 is 1.25 bits per heavy atom. The van der Waals surface area contributed by atoms with Gasteiger partial charge in [0.2, 0.25) is 5.76 Å². The van der Waals surface area contributed by atoms with E-state index in [1.54, 1.807) is 0 Å². The van der Waals surface area contributed by atoms with E-state index in [4.69, 9.17) is 9.15 Å². The summed E-state index contributed by atoms with van der Waals surface area (Å²) < 4.78 is 15.0. The highest BCUT2D eigenvalue weighted by atomic mass is 16.6. The minimum Gasteiger partial charge on any atom is -0.496 e. The molecule has 1 heterocycles. The van der Waals surface area contributed by atoms with E-state index in [0.717, 1.165) is 0 Å². The maximum absolute atomic E-state index is 11.3. The van der Waals surface area contributed by atoms with Crippen molar-refractivity contribution in [2.24, 2.45) is 0 Å². The Morgan fingerprint density at radius 2 is 2.00 bits per heavy atom. The van der Waals surface area contributed by atoms with Gasteiger partial charge in [0.25, 0.3) is 5.69 Å². The van der Waals surface area contributed by atoms with E-state index >= 15 is 0 Å². The summed E-state index contributed by atoms with van der Waals surface area (Å²) in [4.78, 5) is 21.6. The highest BCUT2D eigenvalue weighted by Crippen LogP contribution is 2.34. The molecule has 20 heavy (non-hydrogen) atoms. The van der Waals surface area contributed by atoms with Crippen molar-refractivity contribution in [3.8, 4) is 17.1 Å². The Labute approximate surface area is 113 Å². The molecule has 0 aliphatic heterocycles. The number of non-ortho nitro benzene ring substituents is 1. The predicted octanol–water partition coefficient (Wildman–Crippen LogP) is 2.65. The molecule has 0 amide bonds. The minimum atomic E-state index is -0.624. The van der Waals surface area contributed by atoms with Crippen molar-refractivity contribution in [1.29, 1.82) is 0 Å². The third kappa shape index (κ3) is 2.46. The van der Waals surface area contributed by atoms with E-state index in [1.165, 1.54) is 44.6 Å². The van der Waals surface area contributed by atoms with Gasteiger partial charge in [0, 0.05) is 12.1 Å². The van der Waals surface area contributed by atoms with Crippen molar-refractivity contribution in [3.05, 3.63) is 46.2 Å². The molecule has 104 valence electrons. The van der Waals surface area contributed by atoms with Gasteiger partial charge >= 0.3 is 5.97 Å². The van der Waals surface area contributed by atoms with Crippen LogP contribution >= 0.6 is 0 Å². The zero-order valence-electron chi connectivity index (χ0n) is 10.8. The Balaban J connectivity index is 2.50. The van der Waals surface area contributed by atoms with Crippen molar-refractivity contribution in [2.45, 2.75) is 0 Å².